The van der Waals surface area contributed by atoms with E-state index in [0.29, 0.717) is 50.1 Å². The van der Waals surface area contributed by atoms with Gasteiger partial charge in [-0.3, -0.25) is 4.79 Å². The van der Waals surface area contributed by atoms with Gasteiger partial charge in [-0.05, 0) is 72.2 Å². The first-order valence-electron chi connectivity index (χ1n) is 17.4. The summed E-state index contributed by atoms with van der Waals surface area (Å²) in [5.74, 6) is 11.8. The second-order valence-corrected chi connectivity index (χ2v) is 14.0. The molecular formula is C38H43NO12. The third kappa shape index (κ3) is 6.48. The molecule has 4 fully saturated rings. The maximum Gasteiger partial charge on any atom is 0.251 e. The largest absolute Gasteiger partial charge is 0.394 e. The summed E-state index contributed by atoms with van der Waals surface area (Å²) in [5, 5.41) is 80.9. The average molecular weight is 706 g/mol. The number of aliphatic hydroxyl groups is 8. The van der Waals surface area contributed by atoms with Crippen molar-refractivity contribution >= 4 is 5.91 Å². The molecule has 272 valence electrons. The number of likely N-dealkylation sites (tertiary alicyclic amines) is 1. The fourth-order valence-electron chi connectivity index (χ4n) is 8.02. The topological polar surface area (TPSA) is 210 Å². The van der Waals surface area contributed by atoms with E-state index in [0.717, 1.165) is 28.7 Å². The number of benzene rings is 2. The summed E-state index contributed by atoms with van der Waals surface area (Å²) >= 11 is 0. The lowest BCUT2D eigenvalue weighted by atomic mass is 9.70. The highest BCUT2D eigenvalue weighted by Gasteiger charge is 2.47. The van der Waals surface area contributed by atoms with Crippen molar-refractivity contribution in [1.29, 1.82) is 0 Å². The van der Waals surface area contributed by atoms with Crippen LogP contribution in [-0.4, -0.2) is 152 Å². The van der Waals surface area contributed by atoms with Crippen molar-refractivity contribution in [2.24, 2.45) is 0 Å². The number of aliphatic hydroxyl groups excluding tert-OH is 8. The highest BCUT2D eigenvalue weighted by Crippen LogP contribution is 2.54. The fraction of sp³-hybridized carbons (Fsp3) is 0.553. The number of carbonyl (C=O) groups is 1. The van der Waals surface area contributed by atoms with Crippen molar-refractivity contribution in [1.82, 2.24) is 4.90 Å². The molecule has 1 spiro atoms. The molecule has 0 aromatic heterocycles. The molecule has 1 amide bonds. The number of nitrogens with zero attached hydrogens (tertiary/aromatic N) is 1. The van der Waals surface area contributed by atoms with Crippen LogP contribution in [-0.2, 0) is 24.4 Å². The molecule has 2 aromatic carbocycles. The smallest absolute Gasteiger partial charge is 0.251 e. The fourth-order valence-corrected chi connectivity index (χ4v) is 8.02. The van der Waals surface area contributed by atoms with E-state index in [-0.39, 0.29) is 5.91 Å². The van der Waals surface area contributed by atoms with Gasteiger partial charge in [0.05, 0.1) is 13.2 Å². The molecule has 8 N–H and O–H groups in total. The van der Waals surface area contributed by atoms with E-state index in [4.69, 9.17) is 14.2 Å². The number of hydrogen-bond acceptors (Lipinski definition) is 12. The molecule has 0 saturated carbocycles. The van der Waals surface area contributed by atoms with Crippen LogP contribution in [0.1, 0.15) is 47.9 Å². The molecule has 4 heterocycles. The molecule has 4 aliphatic heterocycles. The van der Waals surface area contributed by atoms with Crippen molar-refractivity contribution < 1.29 is 59.9 Å². The van der Waals surface area contributed by atoms with Crippen molar-refractivity contribution in [3.05, 3.63) is 58.7 Å². The predicted octanol–water partition coefficient (Wildman–Crippen LogP) is -1.86. The molecule has 7 rings (SSSR count). The standard InChI is InChI=1S/C38H43NO12/c40-18-29-33(44)35(46)31(42)26(50-29)9-5-20-3-7-22-23-8-4-21(6-10-27-32(43)36(47)34(45)30(19-41)51-27)17-25(23)38(24(22)16-20)11-13-39(14-12-38)37(48)28-2-1-15-49-28/h3-4,7-8,16-17,26-36,40-47H,1-2,11-15,18-19H2/t26-,27-,28-,29-,30-,31-,32-,33-,34-,35-,36?/m1/s1. The predicted molar refractivity (Wildman–Crippen MR) is 179 cm³/mol. The summed E-state index contributed by atoms with van der Waals surface area (Å²) in [4.78, 5) is 15.2. The molecular weight excluding hydrogens is 662 g/mol. The maximum absolute atomic E-state index is 13.3. The van der Waals surface area contributed by atoms with E-state index >= 15 is 0 Å². The molecule has 1 unspecified atom stereocenters. The van der Waals surface area contributed by atoms with Crippen molar-refractivity contribution in [2.75, 3.05) is 32.9 Å². The average Bonchev–Trinajstić information content (AvgIpc) is 3.78. The van der Waals surface area contributed by atoms with Crippen LogP contribution in [0.4, 0.5) is 0 Å². The van der Waals surface area contributed by atoms with E-state index in [1.54, 1.807) is 0 Å². The monoisotopic (exact) mass is 705 g/mol. The van der Waals surface area contributed by atoms with Gasteiger partial charge in [-0.2, -0.15) is 0 Å². The summed E-state index contributed by atoms with van der Waals surface area (Å²) in [7, 11) is 0. The van der Waals surface area contributed by atoms with Gasteiger partial charge in [0.25, 0.3) is 5.91 Å². The Kier molecular flexibility index (Phi) is 10.3. The summed E-state index contributed by atoms with van der Waals surface area (Å²) < 4.78 is 16.9. The molecule has 1 aliphatic carbocycles. The second kappa shape index (κ2) is 14.5. The van der Waals surface area contributed by atoms with Crippen LogP contribution in [0.15, 0.2) is 36.4 Å². The Morgan fingerprint density at radius 1 is 0.725 bits per heavy atom. The lowest BCUT2D eigenvalue weighted by Crippen LogP contribution is -2.58. The van der Waals surface area contributed by atoms with Crippen LogP contribution >= 0.6 is 0 Å². The van der Waals surface area contributed by atoms with Crippen LogP contribution in [0.2, 0.25) is 0 Å². The molecule has 51 heavy (non-hydrogen) atoms. The Hall–Kier alpha value is -3.41. The van der Waals surface area contributed by atoms with Gasteiger partial charge >= 0.3 is 0 Å². The Morgan fingerprint density at radius 2 is 1.22 bits per heavy atom. The first-order chi connectivity index (χ1) is 24.6. The van der Waals surface area contributed by atoms with Gasteiger partial charge in [-0.15, -0.1) is 0 Å². The number of hydrogen-bond donors (Lipinski definition) is 8. The number of piperidine rings is 1. The third-order valence-corrected chi connectivity index (χ3v) is 11.0. The molecule has 13 nitrogen and oxygen atoms in total. The first kappa shape index (κ1) is 36.0. The molecule has 11 atom stereocenters. The number of ether oxygens (including phenoxy) is 3. The van der Waals surface area contributed by atoms with E-state index in [1.807, 2.05) is 41.3 Å². The zero-order chi connectivity index (χ0) is 36.0. The van der Waals surface area contributed by atoms with Gasteiger partial charge in [-0.1, -0.05) is 35.8 Å². The van der Waals surface area contributed by atoms with Crippen LogP contribution < -0.4 is 0 Å². The van der Waals surface area contributed by atoms with Gasteiger partial charge in [-0.25, -0.2) is 0 Å². The lowest BCUT2D eigenvalue weighted by molar-refractivity contribution is -0.214. The van der Waals surface area contributed by atoms with E-state index < -0.39 is 85.8 Å². The zero-order valence-electron chi connectivity index (χ0n) is 27.8. The molecule has 0 bridgehead atoms. The number of fused-ring (bicyclic) bond motifs is 5. The Balaban J connectivity index is 1.21. The minimum Gasteiger partial charge on any atom is -0.394 e. The summed E-state index contributed by atoms with van der Waals surface area (Å²) in [5.41, 5.74) is 4.76. The molecule has 5 aliphatic rings. The minimum absolute atomic E-state index is 0.000846. The molecule has 4 saturated heterocycles. The van der Waals surface area contributed by atoms with Crippen molar-refractivity contribution in [2.45, 2.75) is 98.2 Å². The molecule has 2 aromatic rings. The zero-order valence-corrected chi connectivity index (χ0v) is 27.8. The second-order valence-electron chi connectivity index (χ2n) is 14.0. The van der Waals surface area contributed by atoms with Gasteiger partial charge < -0.3 is 60.0 Å². The van der Waals surface area contributed by atoms with Gasteiger partial charge in [0, 0.05) is 36.2 Å². The van der Waals surface area contributed by atoms with Crippen LogP contribution in [0, 0.1) is 23.7 Å². The van der Waals surface area contributed by atoms with Gasteiger partial charge in [0.15, 0.2) is 0 Å². The third-order valence-electron chi connectivity index (χ3n) is 11.0. The van der Waals surface area contributed by atoms with E-state index in [1.165, 1.54) is 0 Å². The molecule has 13 heteroatoms. The van der Waals surface area contributed by atoms with Crippen LogP contribution in [0.25, 0.3) is 11.1 Å². The number of amides is 1. The van der Waals surface area contributed by atoms with Crippen LogP contribution in [0.5, 0.6) is 0 Å². The Morgan fingerprint density at radius 3 is 1.65 bits per heavy atom. The van der Waals surface area contributed by atoms with Crippen molar-refractivity contribution in [3.8, 4) is 34.8 Å². The van der Waals surface area contributed by atoms with Gasteiger partial charge in [0.2, 0.25) is 0 Å². The summed E-state index contributed by atoms with van der Waals surface area (Å²) in [6, 6.07) is 11.6. The maximum atomic E-state index is 13.3. The summed E-state index contributed by atoms with van der Waals surface area (Å²) in [6.45, 7) is 0.473. The molecule has 0 radical (unpaired) electrons. The quantitative estimate of drug-likeness (QED) is 0.166. The Bertz CT molecular complexity index is 1640. The highest BCUT2D eigenvalue weighted by molar-refractivity contribution is 5.84. The SMILES string of the molecule is O=C([C@H]1CCCO1)N1CCC2(CC1)c1cc(C#C[C@H]3O[C@H](CO)[C@@H](O)[C@H](O)[C@@H]3O)ccc1-c1ccc(C#C[C@H]3O[C@H](CO)[C@@H](O)C(O)[C@@H]3O)cc12. The van der Waals surface area contributed by atoms with E-state index in [2.05, 4.69) is 23.7 Å². The first-order valence-corrected chi connectivity index (χ1v) is 17.4. The van der Waals surface area contributed by atoms with E-state index in [9.17, 15) is 45.6 Å². The van der Waals surface area contributed by atoms with Crippen LogP contribution in [0.3, 0.4) is 0 Å². The number of carbonyl (C=O) groups excluding carboxylic acids is 1. The minimum atomic E-state index is -1.53. The normalized spacial score (nSPS) is 35.3. The lowest BCUT2D eigenvalue weighted by Gasteiger charge is -2.41. The Labute approximate surface area is 295 Å². The summed E-state index contributed by atoms with van der Waals surface area (Å²) in [6.07, 6.45) is -11.0. The highest BCUT2D eigenvalue weighted by atomic mass is 16.6. The number of rotatable bonds is 3. The van der Waals surface area contributed by atoms with Gasteiger partial charge in [0.1, 0.15) is 67.1 Å². The van der Waals surface area contributed by atoms with Crippen molar-refractivity contribution in [3.63, 3.8) is 0 Å².